The van der Waals surface area contributed by atoms with Crippen LogP contribution in [0.5, 0.6) is 0 Å². The summed E-state index contributed by atoms with van der Waals surface area (Å²) in [6, 6.07) is 1.08. The average molecular weight is 357 g/mol. The minimum Gasteiger partial charge on any atom is -0.481 e. The first-order valence-electron chi connectivity index (χ1n) is 6.22. The maximum absolute atomic E-state index is 12.8. The molecule has 10 heteroatoms. The molecule has 0 radical (unpaired) electrons. The number of alkyl halides is 6. The van der Waals surface area contributed by atoms with Gasteiger partial charge in [0.2, 0.25) is 0 Å². The first-order valence-corrected chi connectivity index (χ1v) is 6.63. The lowest BCUT2D eigenvalue weighted by molar-refractivity contribution is -0.143. The Hall–Kier alpha value is -1.84. The van der Waals surface area contributed by atoms with Gasteiger partial charge in [-0.2, -0.15) is 26.3 Å². The number of carboxylic acid groups (broad SMARTS) is 1. The predicted molar refractivity (Wildman–Crippen MR) is 72.1 cm³/mol. The molecule has 1 heterocycles. The molecule has 1 aromatic carbocycles. The highest BCUT2D eigenvalue weighted by atomic mass is 32.1. The molecule has 0 bridgehead atoms. The van der Waals surface area contributed by atoms with Crippen LogP contribution in [0.2, 0.25) is 0 Å². The van der Waals surface area contributed by atoms with Crippen LogP contribution >= 0.6 is 12.2 Å². The zero-order chi connectivity index (χ0) is 17.6. The first kappa shape index (κ1) is 17.5. The van der Waals surface area contributed by atoms with E-state index in [4.69, 9.17) is 17.3 Å². The largest absolute Gasteiger partial charge is 0.481 e. The van der Waals surface area contributed by atoms with Gasteiger partial charge in [0.1, 0.15) is 0 Å². The summed E-state index contributed by atoms with van der Waals surface area (Å²) in [4.78, 5) is 11.9. The van der Waals surface area contributed by atoms with Crippen LogP contribution in [0.3, 0.4) is 0 Å². The number of nitrogens with zero attached hydrogens (tertiary/aromatic N) is 1. The molecular weight excluding hydrogens is 348 g/mol. The van der Waals surface area contributed by atoms with E-state index in [1.165, 1.54) is 0 Å². The lowest BCUT2D eigenvalue weighted by Gasteiger charge is -2.22. The lowest BCUT2D eigenvalue weighted by Crippen LogP contribution is -2.26. The fourth-order valence-electron chi connectivity index (χ4n) is 2.22. The van der Waals surface area contributed by atoms with Gasteiger partial charge in [-0.1, -0.05) is 12.2 Å². The molecule has 2 rings (SSSR count). The minimum atomic E-state index is -4.97. The van der Waals surface area contributed by atoms with E-state index in [1.54, 1.807) is 0 Å². The van der Waals surface area contributed by atoms with Crippen molar-refractivity contribution in [2.75, 3.05) is 11.4 Å². The SMILES string of the molecule is O=C(O)C1CC(=S)N(c2cc(C(F)(F)F)cc(C(F)(F)F)c2)C1. The van der Waals surface area contributed by atoms with E-state index in [2.05, 4.69) is 0 Å². The van der Waals surface area contributed by atoms with Crippen molar-refractivity contribution in [3.05, 3.63) is 29.3 Å². The van der Waals surface area contributed by atoms with Crippen molar-refractivity contribution in [1.82, 2.24) is 0 Å². The molecule has 1 N–H and O–H groups in total. The van der Waals surface area contributed by atoms with Crippen LogP contribution in [0.1, 0.15) is 17.5 Å². The molecule has 1 saturated heterocycles. The highest BCUT2D eigenvalue weighted by Gasteiger charge is 2.39. The monoisotopic (exact) mass is 357 g/mol. The molecule has 1 unspecified atom stereocenters. The summed E-state index contributed by atoms with van der Waals surface area (Å²) in [6.45, 7) is -0.271. The van der Waals surface area contributed by atoms with Gasteiger partial charge in [0.05, 0.1) is 22.0 Å². The zero-order valence-electron chi connectivity index (χ0n) is 11.2. The number of halogens is 6. The molecule has 1 aliphatic heterocycles. The third kappa shape index (κ3) is 3.74. The molecule has 0 aliphatic carbocycles. The molecule has 0 amide bonds. The number of rotatable bonds is 2. The topological polar surface area (TPSA) is 40.5 Å². The van der Waals surface area contributed by atoms with Crippen LogP contribution in [0.25, 0.3) is 0 Å². The van der Waals surface area contributed by atoms with Gasteiger partial charge < -0.3 is 10.0 Å². The van der Waals surface area contributed by atoms with E-state index in [0.717, 1.165) is 4.90 Å². The Balaban J connectivity index is 2.50. The average Bonchev–Trinajstić information content (AvgIpc) is 2.78. The summed E-state index contributed by atoms with van der Waals surface area (Å²) < 4.78 is 76.9. The molecule has 1 atom stereocenters. The van der Waals surface area contributed by atoms with E-state index in [9.17, 15) is 31.1 Å². The number of anilines is 1. The van der Waals surface area contributed by atoms with Gasteiger partial charge in [-0.15, -0.1) is 0 Å². The van der Waals surface area contributed by atoms with Gasteiger partial charge in [-0.3, -0.25) is 4.79 Å². The van der Waals surface area contributed by atoms with Crippen molar-refractivity contribution < 1.29 is 36.2 Å². The molecule has 0 aromatic heterocycles. The fourth-order valence-corrected chi connectivity index (χ4v) is 2.60. The van der Waals surface area contributed by atoms with Crippen molar-refractivity contribution in [3.63, 3.8) is 0 Å². The molecular formula is C13H9F6NO2S. The lowest BCUT2D eigenvalue weighted by atomic mass is 10.1. The minimum absolute atomic E-state index is 0.00940. The summed E-state index contributed by atoms with van der Waals surface area (Å²) in [5, 5.41) is 8.92. The summed E-state index contributed by atoms with van der Waals surface area (Å²) in [5.41, 5.74) is -3.35. The van der Waals surface area contributed by atoms with Gasteiger partial charge in [-0.05, 0) is 18.2 Å². The Bertz CT molecular complexity index is 623. The highest BCUT2D eigenvalue weighted by molar-refractivity contribution is 7.80. The van der Waals surface area contributed by atoms with E-state index in [1.807, 2.05) is 0 Å². The first-order chi connectivity index (χ1) is 10.4. The number of hydrogen-bond acceptors (Lipinski definition) is 2. The third-order valence-electron chi connectivity index (χ3n) is 3.36. The van der Waals surface area contributed by atoms with Crippen LogP contribution in [0, 0.1) is 5.92 Å². The number of carbonyl (C=O) groups is 1. The summed E-state index contributed by atoms with van der Waals surface area (Å²) >= 11 is 4.89. The second-order valence-electron chi connectivity index (χ2n) is 5.01. The molecule has 0 spiro atoms. The standard InChI is InChI=1S/C13H9F6NO2S/c14-12(15,16)7-2-8(13(17,18)19)4-9(3-7)20-5-6(11(21)22)1-10(20)23/h2-4,6H,1,5H2,(H,21,22). The molecule has 1 fully saturated rings. The van der Waals surface area contributed by atoms with Gasteiger partial charge >= 0.3 is 18.3 Å². The number of aliphatic carboxylic acids is 1. The predicted octanol–water partition coefficient (Wildman–Crippen LogP) is 3.96. The van der Waals surface area contributed by atoms with E-state index in [0.29, 0.717) is 12.1 Å². The Kier molecular flexibility index (Phi) is 4.31. The van der Waals surface area contributed by atoms with Crippen LogP contribution in [-0.4, -0.2) is 22.6 Å². The maximum Gasteiger partial charge on any atom is 0.416 e. The molecule has 23 heavy (non-hydrogen) atoms. The smallest absolute Gasteiger partial charge is 0.416 e. The molecule has 1 aliphatic rings. The second-order valence-corrected chi connectivity index (χ2v) is 5.48. The number of benzene rings is 1. The Morgan fingerprint density at radius 1 is 1.09 bits per heavy atom. The van der Waals surface area contributed by atoms with Crippen LogP contribution in [-0.2, 0) is 17.1 Å². The Morgan fingerprint density at radius 2 is 1.57 bits per heavy atom. The van der Waals surface area contributed by atoms with E-state index >= 15 is 0 Å². The molecule has 1 aromatic rings. The summed E-state index contributed by atoms with van der Waals surface area (Å²) in [5.74, 6) is -2.18. The molecule has 126 valence electrons. The highest BCUT2D eigenvalue weighted by Crippen LogP contribution is 2.39. The van der Waals surface area contributed by atoms with Gasteiger partial charge in [-0.25, -0.2) is 0 Å². The van der Waals surface area contributed by atoms with Gasteiger partial charge in [0.25, 0.3) is 0 Å². The Labute approximate surface area is 131 Å². The maximum atomic E-state index is 12.8. The summed E-state index contributed by atoms with van der Waals surface area (Å²) in [7, 11) is 0. The number of carboxylic acids is 1. The normalized spacial score (nSPS) is 19.3. The second kappa shape index (κ2) is 5.66. The van der Waals surface area contributed by atoms with E-state index < -0.39 is 41.1 Å². The fraction of sp³-hybridized carbons (Fsp3) is 0.385. The van der Waals surface area contributed by atoms with Gasteiger partial charge in [0.15, 0.2) is 0 Å². The quantitative estimate of drug-likeness (QED) is 0.643. The van der Waals surface area contributed by atoms with E-state index in [-0.39, 0.29) is 24.0 Å². The van der Waals surface area contributed by atoms with Crippen molar-refractivity contribution in [3.8, 4) is 0 Å². The Morgan fingerprint density at radius 3 is 1.91 bits per heavy atom. The van der Waals surface area contributed by atoms with Crippen LogP contribution in [0.4, 0.5) is 32.0 Å². The number of thiocarbonyl (C=S) groups is 1. The summed E-state index contributed by atoms with van der Waals surface area (Å²) in [6.07, 6.45) is -10.0. The van der Waals surface area contributed by atoms with Gasteiger partial charge in [0, 0.05) is 18.7 Å². The van der Waals surface area contributed by atoms with Crippen molar-refractivity contribution in [2.45, 2.75) is 18.8 Å². The molecule has 0 saturated carbocycles. The van der Waals surface area contributed by atoms with Crippen molar-refractivity contribution in [2.24, 2.45) is 5.92 Å². The van der Waals surface area contributed by atoms with Crippen LogP contribution in [0.15, 0.2) is 18.2 Å². The zero-order valence-corrected chi connectivity index (χ0v) is 12.0. The van der Waals surface area contributed by atoms with Crippen LogP contribution < -0.4 is 4.90 Å². The van der Waals surface area contributed by atoms with Crippen molar-refractivity contribution >= 4 is 28.9 Å². The van der Waals surface area contributed by atoms with Crippen molar-refractivity contribution in [1.29, 1.82) is 0 Å². The third-order valence-corrected chi connectivity index (χ3v) is 3.75. The molecule has 3 nitrogen and oxygen atoms in total. The number of hydrogen-bond donors (Lipinski definition) is 1.